The van der Waals surface area contributed by atoms with Crippen LogP contribution in [0.1, 0.15) is 30.4 Å². The van der Waals surface area contributed by atoms with Crippen molar-refractivity contribution in [2.45, 2.75) is 31.7 Å². The number of carbonyl (C=O) groups is 1. The van der Waals surface area contributed by atoms with Gasteiger partial charge in [0.2, 0.25) is 5.91 Å². The van der Waals surface area contributed by atoms with Gasteiger partial charge in [0.1, 0.15) is 11.5 Å². The number of methoxy groups -OCH3 is 2. The highest BCUT2D eigenvalue weighted by Gasteiger charge is 2.26. The van der Waals surface area contributed by atoms with E-state index in [1.54, 1.807) is 20.3 Å². The Hall–Kier alpha value is -2.75. The first-order valence-corrected chi connectivity index (χ1v) is 9.46. The third-order valence-electron chi connectivity index (χ3n) is 5.12. The Morgan fingerprint density at radius 1 is 1.15 bits per heavy atom. The fourth-order valence-electron chi connectivity index (χ4n) is 3.62. The highest BCUT2D eigenvalue weighted by Crippen LogP contribution is 2.26. The van der Waals surface area contributed by atoms with Crippen LogP contribution >= 0.6 is 0 Å². The van der Waals surface area contributed by atoms with Crippen LogP contribution in [0.5, 0.6) is 11.5 Å². The molecule has 0 bridgehead atoms. The minimum atomic E-state index is 0.0726. The second-order valence-corrected chi connectivity index (χ2v) is 6.79. The van der Waals surface area contributed by atoms with E-state index in [2.05, 4.69) is 24.3 Å². The molecule has 4 heteroatoms. The lowest BCUT2D eigenvalue weighted by Crippen LogP contribution is -2.34. The van der Waals surface area contributed by atoms with Gasteiger partial charge in [-0.25, -0.2) is 0 Å². The molecule has 0 aliphatic carbocycles. The molecular weight excluding hydrogens is 338 g/mol. The highest BCUT2D eigenvalue weighted by atomic mass is 16.5. The zero-order valence-electron chi connectivity index (χ0n) is 16.1. The van der Waals surface area contributed by atoms with Gasteiger partial charge in [-0.15, -0.1) is 0 Å². The van der Waals surface area contributed by atoms with E-state index in [9.17, 15) is 4.79 Å². The van der Waals surface area contributed by atoms with E-state index in [1.807, 2.05) is 35.2 Å². The van der Waals surface area contributed by atoms with Gasteiger partial charge in [0.25, 0.3) is 0 Å². The fraction of sp³-hybridized carbons (Fsp3) is 0.348. The summed E-state index contributed by atoms with van der Waals surface area (Å²) in [5.41, 5.74) is 2.20. The van der Waals surface area contributed by atoms with E-state index in [1.165, 1.54) is 5.56 Å². The molecule has 0 N–H and O–H groups in total. The Balaban J connectivity index is 1.63. The summed E-state index contributed by atoms with van der Waals surface area (Å²) in [7, 11) is 3.24. The van der Waals surface area contributed by atoms with Gasteiger partial charge in [-0.05, 0) is 49.5 Å². The number of nitrogens with zero attached hydrogens (tertiary/aromatic N) is 1. The first-order valence-electron chi connectivity index (χ1n) is 9.46. The van der Waals surface area contributed by atoms with Crippen molar-refractivity contribution < 1.29 is 14.3 Å². The summed E-state index contributed by atoms with van der Waals surface area (Å²) in [4.78, 5) is 14.7. The maximum absolute atomic E-state index is 12.7. The van der Waals surface area contributed by atoms with Gasteiger partial charge in [-0.1, -0.05) is 30.3 Å². The molecule has 27 heavy (non-hydrogen) atoms. The molecule has 2 aromatic rings. The average Bonchev–Trinajstić information content (AvgIpc) is 3.20. The zero-order valence-corrected chi connectivity index (χ0v) is 16.1. The molecule has 1 saturated heterocycles. The molecule has 0 saturated carbocycles. The molecule has 0 aromatic heterocycles. The Morgan fingerprint density at radius 3 is 2.70 bits per heavy atom. The summed E-state index contributed by atoms with van der Waals surface area (Å²) in [5.74, 6) is 1.50. The number of benzene rings is 2. The number of rotatable bonds is 7. The topological polar surface area (TPSA) is 38.8 Å². The van der Waals surface area contributed by atoms with Gasteiger partial charge in [0.05, 0.1) is 14.2 Å². The fourth-order valence-corrected chi connectivity index (χ4v) is 3.62. The lowest BCUT2D eigenvalue weighted by Gasteiger charge is -2.23. The molecule has 3 rings (SSSR count). The van der Waals surface area contributed by atoms with Crippen LogP contribution in [0.3, 0.4) is 0 Å². The number of aryl methyl sites for hydroxylation is 1. The minimum absolute atomic E-state index is 0.0726. The second-order valence-electron chi connectivity index (χ2n) is 6.79. The van der Waals surface area contributed by atoms with Crippen molar-refractivity contribution in [2.75, 3.05) is 20.8 Å². The first kappa shape index (κ1) is 19.0. The van der Waals surface area contributed by atoms with Crippen molar-refractivity contribution in [2.24, 2.45) is 0 Å². The SMILES string of the molecule is COc1ccc(/C=C/C(=O)N2CCCC2CCc2ccccc2)c(OC)c1. The maximum atomic E-state index is 12.7. The monoisotopic (exact) mass is 365 g/mol. The molecule has 2 aromatic carbocycles. The van der Waals surface area contributed by atoms with Gasteiger partial charge in [0, 0.05) is 30.3 Å². The molecule has 1 fully saturated rings. The minimum Gasteiger partial charge on any atom is -0.497 e. The largest absolute Gasteiger partial charge is 0.497 e. The number of hydrogen-bond donors (Lipinski definition) is 0. The number of amides is 1. The van der Waals surface area contributed by atoms with Crippen molar-refractivity contribution in [1.29, 1.82) is 0 Å². The van der Waals surface area contributed by atoms with Gasteiger partial charge >= 0.3 is 0 Å². The van der Waals surface area contributed by atoms with E-state index in [-0.39, 0.29) is 5.91 Å². The normalized spacial score (nSPS) is 16.7. The summed E-state index contributed by atoms with van der Waals surface area (Å²) in [6, 6.07) is 16.4. The van der Waals surface area contributed by atoms with E-state index in [0.29, 0.717) is 11.8 Å². The smallest absolute Gasteiger partial charge is 0.246 e. The van der Waals surface area contributed by atoms with Crippen molar-refractivity contribution in [3.63, 3.8) is 0 Å². The van der Waals surface area contributed by atoms with E-state index in [0.717, 1.165) is 43.5 Å². The van der Waals surface area contributed by atoms with Gasteiger partial charge in [-0.2, -0.15) is 0 Å². The molecule has 1 aliphatic heterocycles. The van der Waals surface area contributed by atoms with Crippen molar-refractivity contribution in [3.8, 4) is 11.5 Å². The molecule has 1 aliphatic rings. The van der Waals surface area contributed by atoms with E-state index >= 15 is 0 Å². The van der Waals surface area contributed by atoms with Crippen LogP contribution < -0.4 is 9.47 Å². The van der Waals surface area contributed by atoms with Crippen LogP contribution in [-0.4, -0.2) is 37.6 Å². The predicted molar refractivity (Wildman–Crippen MR) is 108 cm³/mol. The Labute approximate surface area is 161 Å². The third kappa shape index (κ3) is 4.91. The number of carbonyl (C=O) groups excluding carboxylic acids is 1. The average molecular weight is 365 g/mol. The zero-order chi connectivity index (χ0) is 19.1. The summed E-state index contributed by atoms with van der Waals surface area (Å²) >= 11 is 0. The summed E-state index contributed by atoms with van der Waals surface area (Å²) in [6.45, 7) is 0.836. The molecule has 1 heterocycles. The lowest BCUT2D eigenvalue weighted by molar-refractivity contribution is -0.126. The van der Waals surface area contributed by atoms with Crippen LogP contribution in [0, 0.1) is 0 Å². The Morgan fingerprint density at radius 2 is 1.96 bits per heavy atom. The number of likely N-dealkylation sites (tertiary alicyclic amines) is 1. The molecule has 0 radical (unpaired) electrons. The van der Waals surface area contributed by atoms with Crippen molar-refractivity contribution in [3.05, 3.63) is 65.7 Å². The first-order chi connectivity index (χ1) is 13.2. The van der Waals surface area contributed by atoms with Gasteiger partial charge < -0.3 is 14.4 Å². The highest BCUT2D eigenvalue weighted by molar-refractivity contribution is 5.92. The standard InChI is InChI=1S/C23H27NO3/c1-26-21-14-11-19(22(17-21)27-2)12-15-23(25)24-16-6-9-20(24)13-10-18-7-4-3-5-8-18/h3-5,7-8,11-12,14-15,17,20H,6,9-10,13,16H2,1-2H3/b15-12+. The Bertz CT molecular complexity index is 785. The second kappa shape index (κ2) is 9.26. The molecule has 1 amide bonds. The van der Waals surface area contributed by atoms with Crippen LogP contribution in [0.2, 0.25) is 0 Å². The van der Waals surface area contributed by atoms with Crippen LogP contribution in [0.25, 0.3) is 6.08 Å². The molecule has 4 nitrogen and oxygen atoms in total. The van der Waals surface area contributed by atoms with Crippen molar-refractivity contribution >= 4 is 12.0 Å². The van der Waals surface area contributed by atoms with Crippen LogP contribution in [0.4, 0.5) is 0 Å². The summed E-state index contributed by atoms with van der Waals surface area (Å²) < 4.78 is 10.6. The van der Waals surface area contributed by atoms with Crippen LogP contribution in [-0.2, 0) is 11.2 Å². The lowest BCUT2D eigenvalue weighted by atomic mass is 10.0. The molecule has 142 valence electrons. The molecule has 1 unspecified atom stereocenters. The van der Waals surface area contributed by atoms with Gasteiger partial charge in [0.15, 0.2) is 0 Å². The van der Waals surface area contributed by atoms with E-state index < -0.39 is 0 Å². The molecule has 1 atom stereocenters. The Kier molecular flexibility index (Phi) is 6.53. The molecule has 0 spiro atoms. The van der Waals surface area contributed by atoms with Crippen LogP contribution in [0.15, 0.2) is 54.6 Å². The summed E-state index contributed by atoms with van der Waals surface area (Å²) in [6.07, 6.45) is 7.66. The number of hydrogen-bond acceptors (Lipinski definition) is 3. The number of ether oxygens (including phenoxy) is 2. The third-order valence-corrected chi connectivity index (χ3v) is 5.12. The van der Waals surface area contributed by atoms with E-state index in [4.69, 9.17) is 9.47 Å². The van der Waals surface area contributed by atoms with Gasteiger partial charge in [-0.3, -0.25) is 4.79 Å². The quantitative estimate of drug-likeness (QED) is 0.685. The predicted octanol–water partition coefficient (Wildman–Crippen LogP) is 4.34. The van der Waals surface area contributed by atoms with Crippen molar-refractivity contribution in [1.82, 2.24) is 4.90 Å². The molecular formula is C23H27NO3. The summed E-state index contributed by atoms with van der Waals surface area (Å²) in [5, 5.41) is 0. The maximum Gasteiger partial charge on any atom is 0.246 e.